The zero-order chi connectivity index (χ0) is 12.1. The third-order valence-corrected chi connectivity index (χ3v) is 3.31. The van der Waals surface area contributed by atoms with Gasteiger partial charge in [-0.3, -0.25) is 0 Å². The third-order valence-electron chi connectivity index (χ3n) is 2.66. The van der Waals surface area contributed by atoms with Crippen LogP contribution in [0.25, 0.3) is 0 Å². The molecule has 1 N–H and O–H groups in total. The lowest BCUT2D eigenvalue weighted by Crippen LogP contribution is -2.45. The molecule has 5 heteroatoms. The average Bonchev–Trinajstić information content (AvgIpc) is 2.39. The van der Waals surface area contributed by atoms with Crippen LogP contribution < -0.4 is 5.32 Å². The first-order valence-corrected chi connectivity index (χ1v) is 6.39. The maximum atomic E-state index is 5.83. The van der Waals surface area contributed by atoms with Gasteiger partial charge < -0.3 is 15.0 Å². The molecule has 1 aromatic rings. The van der Waals surface area contributed by atoms with Crippen LogP contribution in [0, 0.1) is 0 Å². The van der Waals surface area contributed by atoms with Crippen LogP contribution in [0.2, 0.25) is 5.02 Å². The van der Waals surface area contributed by atoms with Gasteiger partial charge in [0.2, 0.25) is 0 Å². The molecule has 0 spiro atoms. The molecular formula is C12H15ClN2OS. The highest BCUT2D eigenvalue weighted by Crippen LogP contribution is 2.09. The number of ether oxygens (including phenoxy) is 1. The molecule has 1 fully saturated rings. The van der Waals surface area contributed by atoms with Crippen LogP contribution >= 0.6 is 23.8 Å². The summed E-state index contributed by atoms with van der Waals surface area (Å²) in [4.78, 5) is 2.13. The number of rotatable bonds is 2. The molecule has 0 aromatic heterocycles. The van der Waals surface area contributed by atoms with E-state index in [1.54, 1.807) is 0 Å². The van der Waals surface area contributed by atoms with Crippen LogP contribution in [-0.4, -0.2) is 36.3 Å². The monoisotopic (exact) mass is 270 g/mol. The number of hydrogen-bond acceptors (Lipinski definition) is 2. The molecule has 2 rings (SSSR count). The van der Waals surface area contributed by atoms with Gasteiger partial charge in [0.25, 0.3) is 0 Å². The summed E-state index contributed by atoms with van der Waals surface area (Å²) in [7, 11) is 0. The number of nitrogens with one attached hydrogen (secondary N) is 1. The van der Waals surface area contributed by atoms with Crippen molar-refractivity contribution < 1.29 is 4.74 Å². The van der Waals surface area contributed by atoms with Crippen LogP contribution in [0.1, 0.15) is 5.56 Å². The largest absolute Gasteiger partial charge is 0.378 e. The first-order valence-electron chi connectivity index (χ1n) is 5.60. The summed E-state index contributed by atoms with van der Waals surface area (Å²) < 4.78 is 5.28. The van der Waals surface area contributed by atoms with Gasteiger partial charge in [-0.05, 0) is 29.9 Å². The first-order chi connectivity index (χ1) is 8.25. The van der Waals surface area contributed by atoms with Crippen molar-refractivity contribution in [2.45, 2.75) is 6.54 Å². The van der Waals surface area contributed by atoms with Gasteiger partial charge in [-0.2, -0.15) is 0 Å². The highest BCUT2D eigenvalue weighted by Gasteiger charge is 2.12. The molecule has 0 amide bonds. The van der Waals surface area contributed by atoms with Crippen molar-refractivity contribution in [3.05, 3.63) is 34.9 Å². The zero-order valence-corrected chi connectivity index (χ0v) is 11.1. The Morgan fingerprint density at radius 1 is 1.29 bits per heavy atom. The summed E-state index contributed by atoms with van der Waals surface area (Å²) in [6.45, 7) is 3.97. The van der Waals surface area contributed by atoms with E-state index in [4.69, 9.17) is 28.6 Å². The topological polar surface area (TPSA) is 24.5 Å². The van der Waals surface area contributed by atoms with Crippen molar-refractivity contribution in [2.24, 2.45) is 0 Å². The number of halogens is 1. The van der Waals surface area contributed by atoms with E-state index in [9.17, 15) is 0 Å². The number of hydrogen-bond donors (Lipinski definition) is 1. The molecular weight excluding hydrogens is 256 g/mol. The molecule has 0 aliphatic carbocycles. The molecule has 0 unspecified atom stereocenters. The summed E-state index contributed by atoms with van der Waals surface area (Å²) in [6.07, 6.45) is 0. The van der Waals surface area contributed by atoms with Gasteiger partial charge in [-0.25, -0.2) is 0 Å². The Hall–Kier alpha value is -0.840. The van der Waals surface area contributed by atoms with E-state index >= 15 is 0 Å². The van der Waals surface area contributed by atoms with Gasteiger partial charge in [-0.1, -0.05) is 23.7 Å². The van der Waals surface area contributed by atoms with Crippen LogP contribution in [0.5, 0.6) is 0 Å². The van der Waals surface area contributed by atoms with E-state index in [0.29, 0.717) is 0 Å². The smallest absolute Gasteiger partial charge is 0.169 e. The number of morpholine rings is 1. The lowest BCUT2D eigenvalue weighted by molar-refractivity contribution is 0.0676. The molecule has 0 atom stereocenters. The van der Waals surface area contributed by atoms with Crippen molar-refractivity contribution in [3.63, 3.8) is 0 Å². The molecule has 1 heterocycles. The van der Waals surface area contributed by atoms with Crippen molar-refractivity contribution in [3.8, 4) is 0 Å². The number of nitrogens with zero attached hydrogens (tertiary/aromatic N) is 1. The van der Waals surface area contributed by atoms with E-state index < -0.39 is 0 Å². The highest BCUT2D eigenvalue weighted by molar-refractivity contribution is 7.80. The summed E-state index contributed by atoms with van der Waals surface area (Å²) in [5.41, 5.74) is 1.17. The molecule has 1 saturated heterocycles. The first kappa shape index (κ1) is 12.6. The van der Waals surface area contributed by atoms with Crippen molar-refractivity contribution >= 4 is 28.9 Å². The molecule has 0 radical (unpaired) electrons. The molecule has 0 bridgehead atoms. The molecule has 92 valence electrons. The Labute approximate surface area is 112 Å². The van der Waals surface area contributed by atoms with E-state index in [0.717, 1.165) is 43.0 Å². The van der Waals surface area contributed by atoms with Crippen molar-refractivity contribution in [2.75, 3.05) is 26.3 Å². The predicted molar refractivity (Wildman–Crippen MR) is 73.3 cm³/mol. The van der Waals surface area contributed by atoms with E-state index in [2.05, 4.69) is 10.2 Å². The van der Waals surface area contributed by atoms with Crippen molar-refractivity contribution in [1.29, 1.82) is 0 Å². The molecule has 0 saturated carbocycles. The quantitative estimate of drug-likeness (QED) is 0.832. The fourth-order valence-corrected chi connectivity index (χ4v) is 2.04. The maximum Gasteiger partial charge on any atom is 0.169 e. The number of benzene rings is 1. The van der Waals surface area contributed by atoms with Gasteiger partial charge in [0.15, 0.2) is 5.11 Å². The Morgan fingerprint density at radius 3 is 2.59 bits per heavy atom. The third kappa shape index (κ3) is 3.84. The minimum atomic E-state index is 0.730. The highest BCUT2D eigenvalue weighted by atomic mass is 35.5. The Kier molecular flexibility index (Phi) is 4.59. The number of thiocarbonyl (C=S) groups is 1. The lowest BCUT2D eigenvalue weighted by atomic mass is 10.2. The van der Waals surface area contributed by atoms with Crippen LogP contribution in [-0.2, 0) is 11.3 Å². The fraction of sp³-hybridized carbons (Fsp3) is 0.417. The molecule has 1 aromatic carbocycles. The van der Waals surface area contributed by atoms with Crippen molar-refractivity contribution in [1.82, 2.24) is 10.2 Å². The normalized spacial score (nSPS) is 15.7. The second kappa shape index (κ2) is 6.19. The molecule has 1 aliphatic rings. The van der Waals surface area contributed by atoms with E-state index in [1.165, 1.54) is 5.56 Å². The minimum Gasteiger partial charge on any atom is -0.378 e. The van der Waals surface area contributed by atoms with E-state index in [1.807, 2.05) is 24.3 Å². The Balaban J connectivity index is 1.81. The molecule has 1 aliphatic heterocycles. The van der Waals surface area contributed by atoms with Crippen LogP contribution in [0.3, 0.4) is 0 Å². The van der Waals surface area contributed by atoms with Gasteiger partial charge in [0.05, 0.1) is 13.2 Å². The SMILES string of the molecule is S=C(NCc1ccc(Cl)cc1)N1CCOCC1. The fourth-order valence-electron chi connectivity index (χ4n) is 1.66. The Morgan fingerprint density at radius 2 is 1.94 bits per heavy atom. The molecule has 17 heavy (non-hydrogen) atoms. The Bertz CT molecular complexity index is 377. The minimum absolute atomic E-state index is 0.730. The summed E-state index contributed by atoms with van der Waals surface area (Å²) >= 11 is 11.2. The lowest BCUT2D eigenvalue weighted by Gasteiger charge is -2.29. The van der Waals surface area contributed by atoms with Crippen LogP contribution in [0.15, 0.2) is 24.3 Å². The predicted octanol–water partition coefficient (Wildman–Crippen LogP) is 2.05. The summed E-state index contributed by atoms with van der Waals surface area (Å²) in [5, 5.41) is 4.80. The molecule has 3 nitrogen and oxygen atoms in total. The van der Waals surface area contributed by atoms with Gasteiger partial charge in [0.1, 0.15) is 0 Å². The summed E-state index contributed by atoms with van der Waals surface area (Å²) in [6, 6.07) is 7.77. The van der Waals surface area contributed by atoms with Gasteiger partial charge in [-0.15, -0.1) is 0 Å². The van der Waals surface area contributed by atoms with Gasteiger partial charge >= 0.3 is 0 Å². The second-order valence-electron chi connectivity index (χ2n) is 3.88. The average molecular weight is 271 g/mol. The zero-order valence-electron chi connectivity index (χ0n) is 9.49. The van der Waals surface area contributed by atoms with Gasteiger partial charge in [0, 0.05) is 24.7 Å². The standard InChI is InChI=1S/C12H15ClN2OS/c13-11-3-1-10(2-4-11)9-14-12(17)15-5-7-16-8-6-15/h1-4H,5-9H2,(H,14,17). The van der Waals surface area contributed by atoms with Crippen LogP contribution in [0.4, 0.5) is 0 Å². The second-order valence-corrected chi connectivity index (χ2v) is 4.71. The maximum absolute atomic E-state index is 5.83. The van der Waals surface area contributed by atoms with E-state index in [-0.39, 0.29) is 0 Å². The summed E-state index contributed by atoms with van der Waals surface area (Å²) in [5.74, 6) is 0.